The van der Waals surface area contributed by atoms with Crippen molar-refractivity contribution in [2.24, 2.45) is 0 Å². The third kappa shape index (κ3) is 7.23. The van der Waals surface area contributed by atoms with Gasteiger partial charge in [-0.1, -0.05) is 48.9 Å². The minimum Gasteiger partial charge on any atom is -0.352 e. The van der Waals surface area contributed by atoms with Gasteiger partial charge >= 0.3 is 0 Å². The summed E-state index contributed by atoms with van der Waals surface area (Å²) in [6, 6.07) is 14.2. The Morgan fingerprint density at radius 2 is 1.69 bits per heavy atom. The summed E-state index contributed by atoms with van der Waals surface area (Å²) in [6.07, 6.45) is 2.39. The predicted molar refractivity (Wildman–Crippen MR) is 140 cm³/mol. The van der Waals surface area contributed by atoms with E-state index in [1.165, 1.54) is 16.2 Å². The first-order chi connectivity index (χ1) is 16.8. The maximum atomic E-state index is 13.6. The monoisotopic (exact) mass is 492 g/mol. The Kier molecular flexibility index (Phi) is 9.14. The highest BCUT2D eigenvalue weighted by atomic mass is 32.1. The van der Waals surface area contributed by atoms with Crippen LogP contribution in [0.25, 0.3) is 0 Å². The fourth-order valence-electron chi connectivity index (χ4n) is 3.67. The number of carbonyl (C=O) groups excluding carboxylic acids is 3. The molecule has 1 aromatic heterocycles. The second kappa shape index (κ2) is 12.3. The summed E-state index contributed by atoms with van der Waals surface area (Å²) in [6.45, 7) is 7.80. The minimum absolute atomic E-state index is 0.0195. The van der Waals surface area contributed by atoms with Crippen LogP contribution in [0.15, 0.2) is 60.1 Å². The Hall–Kier alpha value is -3.52. The molecular weight excluding hydrogens is 460 g/mol. The molecule has 0 bridgehead atoms. The number of aryl methyl sites for hydroxylation is 2. The van der Waals surface area contributed by atoms with Crippen molar-refractivity contribution >= 4 is 39.9 Å². The molecule has 3 amide bonds. The zero-order valence-corrected chi connectivity index (χ0v) is 21.4. The molecule has 3 aromatic rings. The van der Waals surface area contributed by atoms with Gasteiger partial charge in [-0.05, 0) is 50.5 Å². The van der Waals surface area contributed by atoms with Crippen LogP contribution in [0, 0.1) is 6.92 Å². The minimum atomic E-state index is -0.875. The molecule has 0 fully saturated rings. The van der Waals surface area contributed by atoms with Gasteiger partial charge < -0.3 is 10.6 Å². The topological polar surface area (TPSA) is 91.4 Å². The molecule has 0 radical (unpaired) electrons. The number of nitrogens with one attached hydrogen (secondary N) is 2. The molecule has 0 spiro atoms. The predicted octanol–water partition coefficient (Wildman–Crippen LogP) is 5.03. The molecule has 1 heterocycles. The summed E-state index contributed by atoms with van der Waals surface area (Å²) in [5, 5.41) is 7.92. The number of hydrogen-bond acceptors (Lipinski definition) is 5. The largest absolute Gasteiger partial charge is 0.352 e. The number of aromatic nitrogens is 1. The van der Waals surface area contributed by atoms with Crippen LogP contribution in [0.5, 0.6) is 0 Å². The lowest BCUT2D eigenvalue weighted by Crippen LogP contribution is -2.46. The first-order valence-corrected chi connectivity index (χ1v) is 12.6. The molecule has 0 saturated carbocycles. The lowest BCUT2D eigenvalue weighted by molar-refractivity contribution is -0.127. The zero-order valence-electron chi connectivity index (χ0n) is 20.6. The van der Waals surface area contributed by atoms with Crippen LogP contribution in [-0.2, 0) is 20.8 Å². The van der Waals surface area contributed by atoms with E-state index in [4.69, 9.17) is 0 Å². The molecule has 0 aliphatic rings. The molecular formula is C27H32N4O3S. The van der Waals surface area contributed by atoms with E-state index >= 15 is 0 Å². The molecule has 2 N–H and O–H groups in total. The zero-order chi connectivity index (χ0) is 25.4. The molecule has 0 saturated heterocycles. The van der Waals surface area contributed by atoms with Gasteiger partial charge in [0.25, 0.3) is 0 Å². The Morgan fingerprint density at radius 3 is 2.26 bits per heavy atom. The van der Waals surface area contributed by atoms with E-state index in [1.807, 2.05) is 69.3 Å². The van der Waals surface area contributed by atoms with Crippen LogP contribution in [0.1, 0.15) is 56.3 Å². The number of carbonyl (C=O) groups is 3. The smallest absolute Gasteiger partial charge is 0.248 e. The van der Waals surface area contributed by atoms with Crippen molar-refractivity contribution in [1.82, 2.24) is 10.3 Å². The Morgan fingerprint density at radius 1 is 1.00 bits per heavy atom. The molecule has 1 atom stereocenters. The average Bonchev–Trinajstić information content (AvgIpc) is 3.34. The highest BCUT2D eigenvalue weighted by Gasteiger charge is 2.33. The van der Waals surface area contributed by atoms with Crippen molar-refractivity contribution in [2.75, 3.05) is 10.2 Å². The van der Waals surface area contributed by atoms with Gasteiger partial charge in [0.15, 0.2) is 5.13 Å². The van der Waals surface area contributed by atoms with Crippen LogP contribution in [0.3, 0.4) is 0 Å². The molecule has 0 aliphatic heterocycles. The fraction of sp³-hybridized carbons (Fsp3) is 0.333. The molecule has 3 rings (SSSR count). The summed E-state index contributed by atoms with van der Waals surface area (Å²) >= 11 is 1.31. The Labute approximate surface area is 210 Å². The van der Waals surface area contributed by atoms with Crippen LogP contribution in [0.4, 0.5) is 10.8 Å². The summed E-state index contributed by atoms with van der Waals surface area (Å²) < 4.78 is 0. The number of anilines is 2. The van der Waals surface area contributed by atoms with Gasteiger partial charge in [-0.2, -0.15) is 0 Å². The number of nitrogens with zero attached hydrogens (tertiary/aromatic N) is 2. The summed E-state index contributed by atoms with van der Waals surface area (Å²) in [5.74, 6) is -0.884. The Balaban J connectivity index is 1.94. The third-order valence-corrected chi connectivity index (χ3v) is 6.16. The highest BCUT2D eigenvalue weighted by molar-refractivity contribution is 7.13. The van der Waals surface area contributed by atoms with Gasteiger partial charge in [0.1, 0.15) is 6.04 Å². The third-order valence-electron chi connectivity index (χ3n) is 5.47. The number of benzene rings is 2. The van der Waals surface area contributed by atoms with Gasteiger partial charge in [0, 0.05) is 36.1 Å². The summed E-state index contributed by atoms with van der Waals surface area (Å²) in [4.78, 5) is 45.0. The van der Waals surface area contributed by atoms with E-state index in [9.17, 15) is 14.4 Å². The molecule has 0 aliphatic carbocycles. The van der Waals surface area contributed by atoms with E-state index in [0.717, 1.165) is 17.5 Å². The van der Waals surface area contributed by atoms with E-state index in [1.54, 1.807) is 11.6 Å². The van der Waals surface area contributed by atoms with Gasteiger partial charge in [-0.25, -0.2) is 4.98 Å². The first-order valence-electron chi connectivity index (χ1n) is 11.8. The summed E-state index contributed by atoms with van der Waals surface area (Å²) in [7, 11) is 0. The number of thiazole rings is 1. The van der Waals surface area contributed by atoms with Gasteiger partial charge in [-0.15, -0.1) is 11.3 Å². The van der Waals surface area contributed by atoms with Crippen LogP contribution < -0.4 is 15.5 Å². The first kappa shape index (κ1) is 26.1. The van der Waals surface area contributed by atoms with Crippen molar-refractivity contribution in [3.05, 3.63) is 76.8 Å². The molecule has 7 nitrogen and oxygen atoms in total. The highest BCUT2D eigenvalue weighted by Crippen LogP contribution is 2.30. The number of hydrogen-bond donors (Lipinski definition) is 2. The maximum absolute atomic E-state index is 13.6. The van der Waals surface area contributed by atoms with Crippen molar-refractivity contribution in [3.63, 3.8) is 0 Å². The average molecular weight is 493 g/mol. The van der Waals surface area contributed by atoms with Gasteiger partial charge in [0.2, 0.25) is 17.7 Å². The maximum Gasteiger partial charge on any atom is 0.248 e. The Bertz CT molecular complexity index is 1130. The van der Waals surface area contributed by atoms with Crippen molar-refractivity contribution < 1.29 is 14.4 Å². The SMILES string of the molecule is CCc1ccc(N(C(=O)CCC(=O)Nc2nccs2)[C@@H](C(=O)NC(C)C)c2ccc(C)cc2)cc1. The lowest BCUT2D eigenvalue weighted by atomic mass is 10.00. The van der Waals surface area contributed by atoms with Crippen molar-refractivity contribution in [1.29, 1.82) is 0 Å². The number of amides is 3. The fourth-order valence-corrected chi connectivity index (χ4v) is 4.21. The molecule has 8 heteroatoms. The standard InChI is InChI=1S/C27H32N4O3S/c1-5-20-8-12-22(13-9-20)31(24(33)15-14-23(32)30-27-28-16-17-35-27)25(26(34)29-18(2)3)21-10-6-19(4)7-11-21/h6-13,16-18,25H,5,14-15H2,1-4H3,(H,29,34)(H,28,30,32)/t25-/m1/s1. The van der Waals surface area contributed by atoms with E-state index in [2.05, 4.69) is 22.5 Å². The van der Waals surface area contributed by atoms with Crippen molar-refractivity contribution in [3.8, 4) is 0 Å². The van der Waals surface area contributed by atoms with E-state index in [-0.39, 0.29) is 36.6 Å². The lowest BCUT2D eigenvalue weighted by Gasteiger charge is -2.32. The van der Waals surface area contributed by atoms with Gasteiger partial charge in [0.05, 0.1) is 0 Å². The second-order valence-electron chi connectivity index (χ2n) is 8.65. The van der Waals surface area contributed by atoms with Crippen molar-refractivity contribution in [2.45, 2.75) is 59.0 Å². The van der Waals surface area contributed by atoms with E-state index in [0.29, 0.717) is 16.4 Å². The second-order valence-corrected chi connectivity index (χ2v) is 9.54. The molecule has 35 heavy (non-hydrogen) atoms. The normalized spacial score (nSPS) is 11.7. The molecule has 184 valence electrons. The van der Waals surface area contributed by atoms with Crippen LogP contribution in [0.2, 0.25) is 0 Å². The quantitative estimate of drug-likeness (QED) is 0.415. The summed E-state index contributed by atoms with van der Waals surface area (Å²) in [5.41, 5.74) is 3.49. The molecule has 2 aromatic carbocycles. The van der Waals surface area contributed by atoms with Crippen LogP contribution >= 0.6 is 11.3 Å². The molecule has 0 unspecified atom stereocenters. The number of rotatable bonds is 10. The van der Waals surface area contributed by atoms with Crippen LogP contribution in [-0.4, -0.2) is 28.7 Å². The van der Waals surface area contributed by atoms with E-state index < -0.39 is 6.04 Å². The van der Waals surface area contributed by atoms with Gasteiger partial charge in [-0.3, -0.25) is 19.3 Å².